The molecule has 66 valence electrons. The molecule has 0 aliphatic rings. The average Bonchev–Trinajstić information content (AvgIpc) is 2.15. The van der Waals surface area contributed by atoms with Crippen LogP contribution >= 0.6 is 0 Å². The maximum Gasteiger partial charge on any atom is 0.0790 e. The van der Waals surface area contributed by atoms with Crippen LogP contribution in [0.1, 0.15) is 37.9 Å². The summed E-state index contributed by atoms with van der Waals surface area (Å²) in [5.74, 6) is 0. The zero-order valence-corrected chi connectivity index (χ0v) is 7.53. The normalized spacial score (nSPS) is 12.8. The lowest BCUT2D eigenvalue weighted by atomic mass is 10.0. The van der Waals surface area contributed by atoms with Gasteiger partial charge in [0.2, 0.25) is 0 Å². The zero-order chi connectivity index (χ0) is 8.81. The Kier molecular flexibility index (Phi) is 3.81. The minimum absolute atomic E-state index is 0.272. The SMILES string of the molecule is CCCC[C@H](O)c1ccccc1. The van der Waals surface area contributed by atoms with E-state index in [-0.39, 0.29) is 6.10 Å². The van der Waals surface area contributed by atoms with Gasteiger partial charge in [-0.1, -0.05) is 50.1 Å². The number of unbranched alkanes of at least 4 members (excludes halogenated alkanes) is 1. The van der Waals surface area contributed by atoms with E-state index >= 15 is 0 Å². The molecule has 1 nitrogen and oxygen atoms in total. The van der Waals surface area contributed by atoms with Gasteiger partial charge < -0.3 is 5.11 Å². The Morgan fingerprint density at radius 2 is 1.92 bits per heavy atom. The molecule has 0 saturated heterocycles. The van der Waals surface area contributed by atoms with Crippen molar-refractivity contribution in [1.29, 1.82) is 0 Å². The summed E-state index contributed by atoms with van der Waals surface area (Å²) < 4.78 is 0. The van der Waals surface area contributed by atoms with Gasteiger partial charge in [-0.05, 0) is 12.0 Å². The summed E-state index contributed by atoms with van der Waals surface area (Å²) in [6.45, 7) is 2.14. The largest absolute Gasteiger partial charge is 0.388 e. The van der Waals surface area contributed by atoms with E-state index < -0.39 is 0 Å². The molecule has 1 N–H and O–H groups in total. The number of benzene rings is 1. The fourth-order valence-electron chi connectivity index (χ4n) is 1.24. The van der Waals surface area contributed by atoms with Gasteiger partial charge in [0.25, 0.3) is 0 Å². The molecule has 12 heavy (non-hydrogen) atoms. The van der Waals surface area contributed by atoms with Crippen LogP contribution in [0.4, 0.5) is 0 Å². The second kappa shape index (κ2) is 4.94. The van der Waals surface area contributed by atoms with E-state index in [1.165, 1.54) is 0 Å². The molecule has 0 bridgehead atoms. The van der Waals surface area contributed by atoms with E-state index in [1.54, 1.807) is 0 Å². The van der Waals surface area contributed by atoms with Crippen LogP contribution in [0.2, 0.25) is 0 Å². The van der Waals surface area contributed by atoms with Crippen LogP contribution in [0.25, 0.3) is 0 Å². The third-order valence-electron chi connectivity index (χ3n) is 2.02. The highest BCUT2D eigenvalue weighted by Gasteiger charge is 2.04. The second-order valence-electron chi connectivity index (χ2n) is 3.07. The highest BCUT2D eigenvalue weighted by Crippen LogP contribution is 2.17. The lowest BCUT2D eigenvalue weighted by Gasteiger charge is -2.09. The van der Waals surface area contributed by atoms with Crippen LogP contribution in [0, 0.1) is 0 Å². The Hall–Kier alpha value is -0.820. The fraction of sp³-hybridized carbons (Fsp3) is 0.455. The summed E-state index contributed by atoms with van der Waals surface area (Å²) in [5.41, 5.74) is 1.03. The number of aliphatic hydroxyl groups is 1. The molecule has 0 aliphatic heterocycles. The molecule has 1 atom stereocenters. The lowest BCUT2D eigenvalue weighted by molar-refractivity contribution is 0.164. The third-order valence-corrected chi connectivity index (χ3v) is 2.02. The number of rotatable bonds is 4. The van der Waals surface area contributed by atoms with Crippen LogP contribution in [-0.2, 0) is 0 Å². The maximum atomic E-state index is 9.65. The van der Waals surface area contributed by atoms with Gasteiger partial charge in [0.05, 0.1) is 6.10 Å². The van der Waals surface area contributed by atoms with Gasteiger partial charge in [0.15, 0.2) is 0 Å². The van der Waals surface area contributed by atoms with E-state index in [4.69, 9.17) is 0 Å². The van der Waals surface area contributed by atoms with Gasteiger partial charge in [-0.25, -0.2) is 0 Å². The third kappa shape index (κ3) is 2.67. The first-order valence-electron chi connectivity index (χ1n) is 4.57. The molecule has 0 heterocycles. The van der Waals surface area contributed by atoms with Crippen molar-refractivity contribution in [3.8, 4) is 0 Å². The molecule has 1 heteroatoms. The number of aliphatic hydroxyl groups excluding tert-OH is 1. The van der Waals surface area contributed by atoms with Crippen molar-refractivity contribution in [1.82, 2.24) is 0 Å². The van der Waals surface area contributed by atoms with Gasteiger partial charge in [-0.2, -0.15) is 0 Å². The predicted molar refractivity (Wildman–Crippen MR) is 50.9 cm³/mol. The van der Waals surface area contributed by atoms with Crippen LogP contribution in [0.3, 0.4) is 0 Å². The second-order valence-corrected chi connectivity index (χ2v) is 3.07. The van der Waals surface area contributed by atoms with Crippen LogP contribution in [-0.4, -0.2) is 5.11 Å². The molecule has 0 amide bonds. The first-order valence-corrected chi connectivity index (χ1v) is 4.57. The fourth-order valence-corrected chi connectivity index (χ4v) is 1.24. The van der Waals surface area contributed by atoms with Gasteiger partial charge in [-0.3, -0.25) is 0 Å². The molecule has 0 spiro atoms. The van der Waals surface area contributed by atoms with Gasteiger partial charge in [0.1, 0.15) is 0 Å². The highest BCUT2D eigenvalue weighted by molar-refractivity contribution is 5.16. The topological polar surface area (TPSA) is 20.2 Å². The molecular formula is C11H16O. The monoisotopic (exact) mass is 164 g/mol. The molecule has 0 fully saturated rings. The van der Waals surface area contributed by atoms with Crippen molar-refractivity contribution in [3.63, 3.8) is 0 Å². The smallest absolute Gasteiger partial charge is 0.0790 e. The first kappa shape index (κ1) is 9.27. The summed E-state index contributed by atoms with van der Waals surface area (Å²) in [4.78, 5) is 0. The van der Waals surface area contributed by atoms with Gasteiger partial charge >= 0.3 is 0 Å². The van der Waals surface area contributed by atoms with Crippen molar-refractivity contribution in [2.24, 2.45) is 0 Å². The summed E-state index contributed by atoms with van der Waals surface area (Å²) in [6, 6.07) is 9.84. The maximum absolute atomic E-state index is 9.65. The van der Waals surface area contributed by atoms with E-state index in [0.717, 1.165) is 24.8 Å². The minimum atomic E-state index is -0.272. The van der Waals surface area contributed by atoms with Crippen LogP contribution < -0.4 is 0 Å². The Labute approximate surface area is 74.1 Å². The van der Waals surface area contributed by atoms with Crippen molar-refractivity contribution < 1.29 is 5.11 Å². The molecule has 0 radical (unpaired) electrons. The Morgan fingerprint density at radius 1 is 1.25 bits per heavy atom. The van der Waals surface area contributed by atoms with E-state index in [9.17, 15) is 5.11 Å². The predicted octanol–water partition coefficient (Wildman–Crippen LogP) is 2.91. The number of hydrogen-bond acceptors (Lipinski definition) is 1. The van der Waals surface area contributed by atoms with E-state index in [1.807, 2.05) is 30.3 Å². The van der Waals surface area contributed by atoms with Crippen molar-refractivity contribution in [2.45, 2.75) is 32.3 Å². The molecule has 1 rings (SSSR count). The quantitative estimate of drug-likeness (QED) is 0.725. The summed E-state index contributed by atoms with van der Waals surface area (Å²) in [7, 11) is 0. The van der Waals surface area contributed by atoms with Crippen molar-refractivity contribution in [2.75, 3.05) is 0 Å². The van der Waals surface area contributed by atoms with Crippen molar-refractivity contribution in [3.05, 3.63) is 35.9 Å². The Morgan fingerprint density at radius 3 is 2.50 bits per heavy atom. The summed E-state index contributed by atoms with van der Waals surface area (Å²) >= 11 is 0. The summed E-state index contributed by atoms with van der Waals surface area (Å²) in [6.07, 6.45) is 2.84. The molecule has 0 unspecified atom stereocenters. The van der Waals surface area contributed by atoms with E-state index in [0.29, 0.717) is 0 Å². The first-order chi connectivity index (χ1) is 5.84. The molecule has 1 aromatic rings. The molecule has 0 aliphatic carbocycles. The zero-order valence-electron chi connectivity index (χ0n) is 7.53. The molecule has 0 aromatic heterocycles. The Balaban J connectivity index is 2.48. The van der Waals surface area contributed by atoms with Crippen molar-refractivity contribution >= 4 is 0 Å². The summed E-state index contributed by atoms with van der Waals surface area (Å²) in [5, 5.41) is 9.65. The van der Waals surface area contributed by atoms with Crippen LogP contribution in [0.5, 0.6) is 0 Å². The highest BCUT2D eigenvalue weighted by atomic mass is 16.3. The standard InChI is InChI=1S/C11H16O/c1-2-3-9-11(12)10-7-5-4-6-8-10/h4-8,11-12H,2-3,9H2,1H3/t11-/m0/s1. The lowest BCUT2D eigenvalue weighted by Crippen LogP contribution is -1.95. The molecule has 1 aromatic carbocycles. The van der Waals surface area contributed by atoms with Gasteiger partial charge in [0, 0.05) is 0 Å². The molecule has 0 saturated carbocycles. The Bertz CT molecular complexity index is 206. The molecular weight excluding hydrogens is 148 g/mol. The minimum Gasteiger partial charge on any atom is -0.388 e. The van der Waals surface area contributed by atoms with E-state index in [2.05, 4.69) is 6.92 Å². The van der Waals surface area contributed by atoms with Crippen LogP contribution in [0.15, 0.2) is 30.3 Å². The van der Waals surface area contributed by atoms with Gasteiger partial charge in [-0.15, -0.1) is 0 Å². The number of hydrogen-bond donors (Lipinski definition) is 1. The average molecular weight is 164 g/mol.